The third kappa shape index (κ3) is 4.32. The van der Waals surface area contributed by atoms with E-state index in [0.717, 1.165) is 32.9 Å². The van der Waals surface area contributed by atoms with Gasteiger partial charge in [0.25, 0.3) is 0 Å². The molecule has 34 heavy (non-hydrogen) atoms. The molecule has 1 atom stereocenters. The normalized spacial score (nSPS) is 15.6. The Bertz CT molecular complexity index is 1380. The van der Waals surface area contributed by atoms with Crippen LogP contribution >= 0.6 is 11.3 Å². The van der Waals surface area contributed by atoms with Gasteiger partial charge in [0, 0.05) is 16.9 Å². The first-order chi connectivity index (χ1) is 16.5. The van der Waals surface area contributed by atoms with Gasteiger partial charge in [0.2, 0.25) is 12.0 Å². The van der Waals surface area contributed by atoms with E-state index in [1.165, 1.54) is 17.7 Å². The van der Waals surface area contributed by atoms with Crippen LogP contribution in [-0.2, 0) is 11.2 Å². The van der Waals surface area contributed by atoms with Gasteiger partial charge < -0.3 is 19.3 Å². The van der Waals surface area contributed by atoms with Gasteiger partial charge in [-0.15, -0.1) is 11.3 Å². The van der Waals surface area contributed by atoms with Gasteiger partial charge in [-0.25, -0.2) is 14.8 Å². The Kier molecular flexibility index (Phi) is 5.90. The van der Waals surface area contributed by atoms with E-state index in [2.05, 4.69) is 16.5 Å². The molecule has 2 aromatic carbocycles. The molecule has 8 heteroatoms. The van der Waals surface area contributed by atoms with Crippen molar-refractivity contribution in [3.05, 3.63) is 71.9 Å². The van der Waals surface area contributed by atoms with Crippen molar-refractivity contribution in [2.24, 2.45) is 0 Å². The SMILES string of the molecule is C=C(C)c1sc2ncnc3c2c1-c1ccc(cc1)OCCOc1cccc(c1)CC(C(=O)O)O3. The van der Waals surface area contributed by atoms with Crippen molar-refractivity contribution in [2.75, 3.05) is 13.2 Å². The van der Waals surface area contributed by atoms with Crippen molar-refractivity contribution in [3.8, 4) is 28.5 Å². The number of hydrogen-bond acceptors (Lipinski definition) is 7. The van der Waals surface area contributed by atoms with E-state index in [0.29, 0.717) is 29.2 Å². The van der Waals surface area contributed by atoms with E-state index in [-0.39, 0.29) is 12.3 Å². The number of carbonyl (C=O) groups is 1. The molecule has 7 nitrogen and oxygen atoms in total. The van der Waals surface area contributed by atoms with Crippen molar-refractivity contribution in [3.63, 3.8) is 0 Å². The summed E-state index contributed by atoms with van der Waals surface area (Å²) >= 11 is 1.48. The van der Waals surface area contributed by atoms with Crippen LogP contribution < -0.4 is 14.2 Å². The summed E-state index contributed by atoms with van der Waals surface area (Å²) < 4.78 is 17.7. The minimum atomic E-state index is -1.14. The fourth-order valence-corrected chi connectivity index (χ4v) is 4.98. The minimum Gasteiger partial charge on any atom is -0.490 e. The number of ether oxygens (including phenoxy) is 3. The van der Waals surface area contributed by atoms with E-state index in [9.17, 15) is 9.90 Å². The molecule has 0 aliphatic carbocycles. The van der Waals surface area contributed by atoms with Crippen LogP contribution in [0.5, 0.6) is 17.4 Å². The molecule has 0 spiro atoms. The second-order valence-corrected chi connectivity index (χ2v) is 8.96. The largest absolute Gasteiger partial charge is 0.490 e. The number of carboxylic acid groups (broad SMARTS) is 1. The summed E-state index contributed by atoms with van der Waals surface area (Å²) in [4.78, 5) is 22.6. The van der Waals surface area contributed by atoms with Crippen LogP contribution in [0.3, 0.4) is 0 Å². The Labute approximate surface area is 200 Å². The van der Waals surface area contributed by atoms with E-state index in [4.69, 9.17) is 14.2 Å². The molecule has 2 aliphatic rings. The van der Waals surface area contributed by atoms with Gasteiger partial charge in [0.15, 0.2) is 0 Å². The molecule has 0 amide bonds. The Balaban J connectivity index is 1.69. The molecule has 0 fully saturated rings. The molecular formula is C26H22N2O5S. The highest BCUT2D eigenvalue weighted by molar-refractivity contribution is 7.20. The highest BCUT2D eigenvalue weighted by Crippen LogP contribution is 2.44. The summed E-state index contributed by atoms with van der Waals surface area (Å²) in [7, 11) is 0. The van der Waals surface area contributed by atoms with Crippen LogP contribution in [-0.4, -0.2) is 40.4 Å². The van der Waals surface area contributed by atoms with Crippen molar-refractivity contribution >= 4 is 33.1 Å². The maximum absolute atomic E-state index is 12.1. The third-order valence-electron chi connectivity index (χ3n) is 5.45. The number of thiophene rings is 1. The van der Waals surface area contributed by atoms with Crippen molar-refractivity contribution in [1.29, 1.82) is 0 Å². The summed E-state index contributed by atoms with van der Waals surface area (Å²) in [6.07, 6.45) is 0.401. The van der Waals surface area contributed by atoms with Gasteiger partial charge in [-0.05, 0) is 47.9 Å². The molecule has 1 unspecified atom stereocenters. The van der Waals surface area contributed by atoms with Gasteiger partial charge in [-0.1, -0.05) is 30.8 Å². The molecule has 172 valence electrons. The quantitative estimate of drug-likeness (QED) is 0.425. The number of nitrogens with zero attached hydrogens (tertiary/aromatic N) is 2. The average molecular weight is 475 g/mol. The lowest BCUT2D eigenvalue weighted by atomic mass is 10.0. The van der Waals surface area contributed by atoms with Crippen LogP contribution in [0.15, 0.2) is 61.4 Å². The maximum Gasteiger partial charge on any atom is 0.345 e. The summed E-state index contributed by atoms with van der Waals surface area (Å²) in [5.74, 6) is 0.514. The molecule has 4 aromatic rings. The zero-order valence-corrected chi connectivity index (χ0v) is 19.3. The van der Waals surface area contributed by atoms with Gasteiger partial charge in [-0.3, -0.25) is 0 Å². The van der Waals surface area contributed by atoms with Crippen molar-refractivity contribution in [2.45, 2.75) is 19.4 Å². The third-order valence-corrected chi connectivity index (χ3v) is 6.71. The molecule has 4 bridgehead atoms. The molecule has 4 heterocycles. The number of fused-ring (bicyclic) bond motifs is 7. The van der Waals surface area contributed by atoms with Crippen LogP contribution in [0.2, 0.25) is 0 Å². The lowest BCUT2D eigenvalue weighted by Crippen LogP contribution is -2.29. The highest BCUT2D eigenvalue weighted by Gasteiger charge is 2.26. The number of benzene rings is 2. The maximum atomic E-state index is 12.1. The first kappa shape index (κ1) is 21.9. The monoisotopic (exact) mass is 474 g/mol. The van der Waals surface area contributed by atoms with Crippen molar-refractivity contribution < 1.29 is 24.1 Å². The number of rotatable bonds is 2. The smallest absolute Gasteiger partial charge is 0.345 e. The number of allylic oxidation sites excluding steroid dienone is 1. The first-order valence-corrected chi connectivity index (χ1v) is 11.6. The lowest BCUT2D eigenvalue weighted by Gasteiger charge is -2.16. The summed E-state index contributed by atoms with van der Waals surface area (Å²) in [5, 5.41) is 10.6. The molecular weight excluding hydrogens is 452 g/mol. The lowest BCUT2D eigenvalue weighted by molar-refractivity contribution is -0.145. The van der Waals surface area contributed by atoms with E-state index in [1.807, 2.05) is 55.5 Å². The Morgan fingerprint density at radius 2 is 1.85 bits per heavy atom. The molecule has 2 aromatic heterocycles. The minimum absolute atomic E-state index is 0.148. The van der Waals surface area contributed by atoms with Gasteiger partial charge in [0.1, 0.15) is 35.9 Å². The fourth-order valence-electron chi connectivity index (χ4n) is 3.90. The number of hydrogen-bond donors (Lipinski definition) is 1. The fraction of sp³-hybridized carbons (Fsp3) is 0.192. The Hall–Kier alpha value is -3.91. The predicted octanol–water partition coefficient (Wildman–Crippen LogP) is 5.24. The average Bonchev–Trinajstić information content (AvgIpc) is 3.23. The molecule has 0 saturated carbocycles. The van der Waals surface area contributed by atoms with Crippen LogP contribution in [0.4, 0.5) is 0 Å². The van der Waals surface area contributed by atoms with Crippen LogP contribution in [0.25, 0.3) is 26.9 Å². The number of aliphatic carboxylic acids is 1. The van der Waals surface area contributed by atoms with Crippen LogP contribution in [0, 0.1) is 0 Å². The zero-order chi connectivity index (χ0) is 23.7. The first-order valence-electron chi connectivity index (χ1n) is 10.8. The van der Waals surface area contributed by atoms with E-state index >= 15 is 0 Å². The van der Waals surface area contributed by atoms with Crippen molar-refractivity contribution in [1.82, 2.24) is 9.97 Å². The second-order valence-electron chi connectivity index (χ2n) is 7.96. The Morgan fingerprint density at radius 3 is 2.59 bits per heavy atom. The molecule has 6 rings (SSSR count). The number of aromatic nitrogens is 2. The summed E-state index contributed by atoms with van der Waals surface area (Å²) in [6, 6.07) is 15.0. The van der Waals surface area contributed by atoms with Gasteiger partial charge in [0.05, 0.1) is 5.39 Å². The molecule has 0 radical (unpaired) electrons. The summed E-state index contributed by atoms with van der Waals surface area (Å²) in [5.41, 5.74) is 3.43. The number of carboxylic acids is 1. The second kappa shape index (κ2) is 9.15. The molecule has 0 saturated heterocycles. The standard InChI is InChI=1S/C26H22N2O5S/c1-15(2)23-21-17-6-8-18(9-7-17)31-10-11-32-19-5-3-4-16(12-19)13-20(26(29)30)33-24-22(21)25(34-23)28-14-27-24/h3-9,12,14,20H,1,10-11,13H2,2H3,(H,29,30). The van der Waals surface area contributed by atoms with Gasteiger partial charge in [-0.2, -0.15) is 0 Å². The molecule has 1 N–H and O–H groups in total. The predicted molar refractivity (Wildman–Crippen MR) is 131 cm³/mol. The van der Waals surface area contributed by atoms with Gasteiger partial charge >= 0.3 is 5.97 Å². The zero-order valence-electron chi connectivity index (χ0n) is 18.5. The van der Waals surface area contributed by atoms with E-state index < -0.39 is 12.1 Å². The molecule has 2 aliphatic heterocycles. The Morgan fingerprint density at radius 1 is 1.09 bits per heavy atom. The summed E-state index contributed by atoms with van der Waals surface area (Å²) in [6.45, 7) is 6.80. The van der Waals surface area contributed by atoms with E-state index in [1.54, 1.807) is 0 Å². The topological polar surface area (TPSA) is 90.8 Å². The van der Waals surface area contributed by atoms with Crippen LogP contribution in [0.1, 0.15) is 17.4 Å². The highest BCUT2D eigenvalue weighted by atomic mass is 32.1.